The molecule has 0 aromatic heterocycles. The quantitative estimate of drug-likeness (QED) is 0.817. The van der Waals surface area contributed by atoms with Gasteiger partial charge in [-0.05, 0) is 43.7 Å². The summed E-state index contributed by atoms with van der Waals surface area (Å²) >= 11 is 1.56. The first kappa shape index (κ1) is 16.4. The molecule has 0 aliphatic heterocycles. The van der Waals surface area contributed by atoms with Gasteiger partial charge in [-0.15, -0.1) is 11.8 Å². The molecular weight excluding hydrogens is 294 g/mol. The van der Waals surface area contributed by atoms with E-state index in [1.807, 2.05) is 68.4 Å². The summed E-state index contributed by atoms with van der Waals surface area (Å²) < 4.78 is 5.14. The van der Waals surface area contributed by atoms with Gasteiger partial charge in [-0.3, -0.25) is 4.79 Å². The van der Waals surface area contributed by atoms with Crippen LogP contribution in [0.5, 0.6) is 5.75 Å². The molecule has 0 saturated heterocycles. The Morgan fingerprint density at radius 2 is 1.68 bits per heavy atom. The maximum atomic E-state index is 12.3. The molecule has 2 aromatic rings. The number of thioether (sulfide) groups is 1. The van der Waals surface area contributed by atoms with Crippen molar-refractivity contribution < 1.29 is 9.53 Å². The number of hydrogen-bond acceptors (Lipinski definition) is 3. The molecule has 0 radical (unpaired) electrons. The summed E-state index contributed by atoms with van der Waals surface area (Å²) in [6, 6.07) is 17.7. The molecule has 0 saturated carbocycles. The Kier molecular flexibility index (Phi) is 5.90. The molecule has 116 valence electrons. The first-order chi connectivity index (χ1) is 10.6. The monoisotopic (exact) mass is 315 g/mol. The molecule has 0 bridgehead atoms. The van der Waals surface area contributed by atoms with Gasteiger partial charge in [-0.25, -0.2) is 0 Å². The van der Waals surface area contributed by atoms with E-state index in [2.05, 4.69) is 5.32 Å². The molecule has 4 heteroatoms. The van der Waals surface area contributed by atoms with Crippen molar-refractivity contribution in [2.75, 3.05) is 7.11 Å². The second-order valence-corrected chi connectivity index (χ2v) is 6.49. The SMILES string of the molecule is COc1ccc([C@@H](C)NC(=O)[C@@H](C)Sc2ccccc2)cc1. The minimum atomic E-state index is -0.136. The lowest BCUT2D eigenvalue weighted by atomic mass is 10.1. The van der Waals surface area contributed by atoms with Crippen LogP contribution in [0.4, 0.5) is 0 Å². The Balaban J connectivity index is 1.92. The summed E-state index contributed by atoms with van der Waals surface area (Å²) in [5.41, 5.74) is 1.06. The van der Waals surface area contributed by atoms with Gasteiger partial charge in [0.05, 0.1) is 18.4 Å². The summed E-state index contributed by atoms with van der Waals surface area (Å²) in [5.74, 6) is 0.854. The van der Waals surface area contributed by atoms with E-state index in [9.17, 15) is 4.79 Å². The summed E-state index contributed by atoms with van der Waals surface area (Å²) in [6.45, 7) is 3.91. The molecule has 0 spiro atoms. The molecule has 22 heavy (non-hydrogen) atoms. The highest BCUT2D eigenvalue weighted by Gasteiger charge is 2.17. The van der Waals surface area contributed by atoms with E-state index in [1.165, 1.54) is 0 Å². The van der Waals surface area contributed by atoms with Crippen LogP contribution in [0.2, 0.25) is 0 Å². The highest BCUT2D eigenvalue weighted by atomic mass is 32.2. The predicted molar refractivity (Wildman–Crippen MR) is 91.3 cm³/mol. The summed E-state index contributed by atoms with van der Waals surface area (Å²) in [7, 11) is 1.64. The third-order valence-electron chi connectivity index (χ3n) is 3.40. The first-order valence-electron chi connectivity index (χ1n) is 7.26. The van der Waals surface area contributed by atoms with Crippen LogP contribution >= 0.6 is 11.8 Å². The number of nitrogens with one attached hydrogen (secondary N) is 1. The van der Waals surface area contributed by atoms with Crippen LogP contribution in [-0.2, 0) is 4.79 Å². The normalized spacial score (nSPS) is 13.2. The second kappa shape index (κ2) is 7.90. The highest BCUT2D eigenvalue weighted by molar-refractivity contribution is 8.00. The molecule has 2 rings (SSSR count). The Hall–Kier alpha value is -1.94. The fraction of sp³-hybridized carbons (Fsp3) is 0.278. The molecular formula is C18H21NO2S. The maximum Gasteiger partial charge on any atom is 0.233 e. The van der Waals surface area contributed by atoms with E-state index in [4.69, 9.17) is 4.74 Å². The zero-order chi connectivity index (χ0) is 15.9. The van der Waals surface area contributed by atoms with Crippen LogP contribution in [0.15, 0.2) is 59.5 Å². The van der Waals surface area contributed by atoms with E-state index < -0.39 is 0 Å². The number of carbonyl (C=O) groups is 1. The number of hydrogen-bond donors (Lipinski definition) is 1. The van der Waals surface area contributed by atoms with Crippen molar-refractivity contribution in [1.82, 2.24) is 5.32 Å². The molecule has 3 nitrogen and oxygen atoms in total. The van der Waals surface area contributed by atoms with Gasteiger partial charge in [0.2, 0.25) is 5.91 Å². The van der Waals surface area contributed by atoms with E-state index in [0.717, 1.165) is 16.2 Å². The minimum absolute atomic E-state index is 0.0303. The van der Waals surface area contributed by atoms with Gasteiger partial charge in [0, 0.05) is 4.90 Å². The molecule has 0 aliphatic rings. The number of methoxy groups -OCH3 is 1. The Morgan fingerprint density at radius 1 is 1.05 bits per heavy atom. The topological polar surface area (TPSA) is 38.3 Å². The van der Waals surface area contributed by atoms with Crippen LogP contribution in [0.3, 0.4) is 0 Å². The van der Waals surface area contributed by atoms with E-state index in [0.29, 0.717) is 0 Å². The van der Waals surface area contributed by atoms with Gasteiger partial charge in [0.15, 0.2) is 0 Å². The highest BCUT2D eigenvalue weighted by Crippen LogP contribution is 2.24. The van der Waals surface area contributed by atoms with Crippen molar-refractivity contribution in [2.24, 2.45) is 0 Å². The smallest absolute Gasteiger partial charge is 0.233 e. The summed E-state index contributed by atoms with van der Waals surface area (Å²) in [6.07, 6.45) is 0. The van der Waals surface area contributed by atoms with Crippen LogP contribution in [0.25, 0.3) is 0 Å². The summed E-state index contributed by atoms with van der Waals surface area (Å²) in [4.78, 5) is 13.4. The number of carbonyl (C=O) groups excluding carboxylic acids is 1. The lowest BCUT2D eigenvalue weighted by molar-refractivity contribution is -0.120. The van der Waals surface area contributed by atoms with Crippen LogP contribution in [-0.4, -0.2) is 18.3 Å². The standard InChI is InChI=1S/C18H21NO2S/c1-13(15-9-11-16(21-3)12-10-15)19-18(20)14(2)22-17-7-5-4-6-8-17/h4-14H,1-3H3,(H,19,20)/t13-,14-/m1/s1. The number of amides is 1. The summed E-state index contributed by atoms with van der Waals surface area (Å²) in [5, 5.41) is 2.92. The largest absolute Gasteiger partial charge is 0.497 e. The van der Waals surface area contributed by atoms with Crippen molar-refractivity contribution in [3.8, 4) is 5.75 Å². The van der Waals surface area contributed by atoms with Gasteiger partial charge < -0.3 is 10.1 Å². The average molecular weight is 315 g/mol. The Morgan fingerprint density at radius 3 is 2.27 bits per heavy atom. The molecule has 1 amide bonds. The van der Waals surface area contributed by atoms with Crippen molar-refractivity contribution >= 4 is 17.7 Å². The molecule has 2 aromatic carbocycles. The van der Waals surface area contributed by atoms with Crippen LogP contribution < -0.4 is 10.1 Å². The fourth-order valence-corrected chi connectivity index (χ4v) is 2.96. The number of benzene rings is 2. The maximum absolute atomic E-state index is 12.3. The number of rotatable bonds is 6. The second-order valence-electron chi connectivity index (χ2n) is 5.08. The predicted octanol–water partition coefficient (Wildman–Crippen LogP) is 4.05. The lowest BCUT2D eigenvalue weighted by Gasteiger charge is -2.18. The minimum Gasteiger partial charge on any atom is -0.497 e. The zero-order valence-corrected chi connectivity index (χ0v) is 13.9. The van der Waals surface area contributed by atoms with Crippen LogP contribution in [0, 0.1) is 0 Å². The molecule has 0 heterocycles. The van der Waals surface area contributed by atoms with E-state index in [1.54, 1.807) is 18.9 Å². The molecule has 1 N–H and O–H groups in total. The molecule has 0 aliphatic carbocycles. The molecule has 0 fully saturated rings. The Bertz CT molecular complexity index is 598. The van der Waals surface area contributed by atoms with Gasteiger partial charge >= 0.3 is 0 Å². The van der Waals surface area contributed by atoms with Crippen LogP contribution in [0.1, 0.15) is 25.5 Å². The van der Waals surface area contributed by atoms with Gasteiger partial charge in [0.25, 0.3) is 0 Å². The van der Waals surface area contributed by atoms with Gasteiger partial charge in [-0.2, -0.15) is 0 Å². The third-order valence-corrected chi connectivity index (χ3v) is 4.51. The third kappa shape index (κ3) is 4.53. The lowest BCUT2D eigenvalue weighted by Crippen LogP contribution is -2.33. The first-order valence-corrected chi connectivity index (χ1v) is 8.14. The van der Waals surface area contributed by atoms with E-state index >= 15 is 0 Å². The van der Waals surface area contributed by atoms with Gasteiger partial charge in [-0.1, -0.05) is 30.3 Å². The molecule has 0 unspecified atom stereocenters. The van der Waals surface area contributed by atoms with Crippen molar-refractivity contribution in [2.45, 2.75) is 30.0 Å². The van der Waals surface area contributed by atoms with Crippen molar-refractivity contribution in [1.29, 1.82) is 0 Å². The van der Waals surface area contributed by atoms with Gasteiger partial charge in [0.1, 0.15) is 5.75 Å². The van der Waals surface area contributed by atoms with Crippen molar-refractivity contribution in [3.63, 3.8) is 0 Å². The van der Waals surface area contributed by atoms with E-state index in [-0.39, 0.29) is 17.2 Å². The fourth-order valence-electron chi connectivity index (χ4n) is 2.06. The zero-order valence-electron chi connectivity index (χ0n) is 13.1. The molecule has 2 atom stereocenters. The number of ether oxygens (including phenoxy) is 1. The average Bonchev–Trinajstić information content (AvgIpc) is 2.55. The Labute approximate surface area is 136 Å². The van der Waals surface area contributed by atoms with Crippen molar-refractivity contribution in [3.05, 3.63) is 60.2 Å².